The molecular weight excluding hydrogens is 248 g/mol. The fourth-order valence-electron chi connectivity index (χ4n) is 2.92. The smallest absolute Gasteiger partial charge is 0.0733 e. The lowest BCUT2D eigenvalue weighted by molar-refractivity contribution is 0.185. The number of hydrogen-bond acceptors (Lipinski definition) is 3. The Morgan fingerprint density at radius 1 is 1.25 bits per heavy atom. The number of methoxy groups -OCH3 is 1. The molecule has 0 saturated carbocycles. The maximum atomic E-state index is 5.86. The number of rotatable bonds is 4. The van der Waals surface area contributed by atoms with E-state index in [1.807, 2.05) is 12.1 Å². The van der Waals surface area contributed by atoms with E-state index in [0.717, 1.165) is 24.2 Å². The molecule has 3 heteroatoms. The number of nitrogens with one attached hydrogen (secondary N) is 1. The Balaban J connectivity index is 1.84. The first-order valence-electron chi connectivity index (χ1n) is 6.99. The van der Waals surface area contributed by atoms with Crippen LogP contribution in [-0.2, 0) is 17.8 Å². The molecule has 0 spiro atoms. The summed E-state index contributed by atoms with van der Waals surface area (Å²) in [6.45, 7) is 0.629. The van der Waals surface area contributed by atoms with Crippen molar-refractivity contribution in [1.82, 2.24) is 0 Å². The third kappa shape index (κ3) is 2.49. The van der Waals surface area contributed by atoms with Crippen molar-refractivity contribution in [1.29, 1.82) is 0 Å². The highest BCUT2D eigenvalue weighted by Gasteiger charge is 2.22. The molecule has 0 fully saturated rings. The van der Waals surface area contributed by atoms with Gasteiger partial charge < -0.3 is 15.8 Å². The van der Waals surface area contributed by atoms with Crippen LogP contribution in [0, 0.1) is 0 Å². The SMILES string of the molecule is COCc1ccccc1NC1CCc2cc(N)ccc21. The fourth-order valence-corrected chi connectivity index (χ4v) is 2.92. The summed E-state index contributed by atoms with van der Waals surface area (Å²) in [6.07, 6.45) is 2.20. The van der Waals surface area contributed by atoms with Gasteiger partial charge in [0.15, 0.2) is 0 Å². The maximum Gasteiger partial charge on any atom is 0.0733 e. The third-order valence-corrected chi connectivity index (χ3v) is 3.89. The first-order chi connectivity index (χ1) is 9.78. The zero-order valence-corrected chi connectivity index (χ0v) is 11.7. The van der Waals surface area contributed by atoms with Crippen molar-refractivity contribution < 1.29 is 4.74 Å². The molecule has 0 aliphatic heterocycles. The summed E-state index contributed by atoms with van der Waals surface area (Å²) in [5, 5.41) is 3.65. The monoisotopic (exact) mass is 268 g/mol. The molecule has 104 valence electrons. The molecule has 1 aliphatic carbocycles. The standard InChI is InChI=1S/C17H20N2O/c1-20-11-13-4-2-3-5-16(13)19-17-9-6-12-10-14(18)7-8-15(12)17/h2-5,7-8,10,17,19H,6,9,11,18H2,1H3. The lowest BCUT2D eigenvalue weighted by Gasteiger charge is -2.18. The van der Waals surface area contributed by atoms with Crippen LogP contribution in [0.1, 0.15) is 29.2 Å². The molecule has 0 radical (unpaired) electrons. The fraction of sp³-hybridized carbons (Fsp3) is 0.294. The van der Waals surface area contributed by atoms with Gasteiger partial charge in [0.1, 0.15) is 0 Å². The molecule has 1 atom stereocenters. The number of aryl methyl sites for hydroxylation is 1. The third-order valence-electron chi connectivity index (χ3n) is 3.89. The van der Waals surface area contributed by atoms with E-state index in [4.69, 9.17) is 10.5 Å². The van der Waals surface area contributed by atoms with Crippen molar-refractivity contribution in [3.8, 4) is 0 Å². The van der Waals surface area contributed by atoms with Gasteiger partial charge in [0.05, 0.1) is 12.6 Å². The molecule has 0 amide bonds. The highest BCUT2D eigenvalue weighted by Crippen LogP contribution is 2.35. The molecule has 2 aromatic rings. The number of fused-ring (bicyclic) bond motifs is 1. The summed E-state index contributed by atoms with van der Waals surface area (Å²) < 4.78 is 5.26. The van der Waals surface area contributed by atoms with E-state index in [1.165, 1.54) is 16.7 Å². The quantitative estimate of drug-likeness (QED) is 0.834. The summed E-state index contributed by atoms with van der Waals surface area (Å²) >= 11 is 0. The first-order valence-corrected chi connectivity index (χ1v) is 6.99. The topological polar surface area (TPSA) is 47.3 Å². The Bertz CT molecular complexity index is 610. The lowest BCUT2D eigenvalue weighted by atomic mass is 10.1. The van der Waals surface area contributed by atoms with Gasteiger partial charge in [-0.2, -0.15) is 0 Å². The highest BCUT2D eigenvalue weighted by molar-refractivity contribution is 5.55. The Kier molecular flexibility index (Phi) is 3.61. The zero-order chi connectivity index (χ0) is 13.9. The van der Waals surface area contributed by atoms with E-state index in [9.17, 15) is 0 Å². The molecule has 0 bridgehead atoms. The number of para-hydroxylation sites is 1. The summed E-state index contributed by atoms with van der Waals surface area (Å²) in [6, 6.07) is 14.9. The van der Waals surface area contributed by atoms with Crippen LogP contribution in [0.25, 0.3) is 0 Å². The summed E-state index contributed by atoms with van der Waals surface area (Å²) in [7, 11) is 1.73. The van der Waals surface area contributed by atoms with Crippen LogP contribution in [0.5, 0.6) is 0 Å². The predicted molar refractivity (Wildman–Crippen MR) is 82.7 cm³/mol. The van der Waals surface area contributed by atoms with E-state index in [1.54, 1.807) is 7.11 Å². The second-order valence-corrected chi connectivity index (χ2v) is 5.28. The Morgan fingerprint density at radius 2 is 2.10 bits per heavy atom. The Labute approximate surface area is 119 Å². The van der Waals surface area contributed by atoms with Gasteiger partial charge in [-0.15, -0.1) is 0 Å². The molecule has 2 aromatic carbocycles. The zero-order valence-electron chi connectivity index (χ0n) is 11.7. The molecule has 1 unspecified atom stereocenters. The largest absolute Gasteiger partial charge is 0.399 e. The molecular formula is C17H20N2O. The van der Waals surface area contributed by atoms with Gasteiger partial charge in [-0.05, 0) is 42.2 Å². The second-order valence-electron chi connectivity index (χ2n) is 5.28. The van der Waals surface area contributed by atoms with Gasteiger partial charge in [-0.1, -0.05) is 24.3 Å². The average molecular weight is 268 g/mol. The minimum absolute atomic E-state index is 0.364. The average Bonchev–Trinajstić information content (AvgIpc) is 2.83. The van der Waals surface area contributed by atoms with E-state index in [-0.39, 0.29) is 0 Å². The van der Waals surface area contributed by atoms with Crippen LogP contribution in [0.2, 0.25) is 0 Å². The van der Waals surface area contributed by atoms with Crippen LogP contribution in [0.4, 0.5) is 11.4 Å². The molecule has 0 saturated heterocycles. The maximum absolute atomic E-state index is 5.86. The molecule has 0 heterocycles. The minimum Gasteiger partial charge on any atom is -0.399 e. The Morgan fingerprint density at radius 3 is 2.95 bits per heavy atom. The van der Waals surface area contributed by atoms with Crippen LogP contribution in [0.15, 0.2) is 42.5 Å². The summed E-state index contributed by atoms with van der Waals surface area (Å²) in [5.41, 5.74) is 11.8. The summed E-state index contributed by atoms with van der Waals surface area (Å²) in [4.78, 5) is 0. The number of benzene rings is 2. The molecule has 3 nitrogen and oxygen atoms in total. The van der Waals surface area contributed by atoms with Crippen molar-refractivity contribution in [2.75, 3.05) is 18.2 Å². The van der Waals surface area contributed by atoms with E-state index < -0.39 is 0 Å². The normalized spacial score (nSPS) is 16.9. The predicted octanol–water partition coefficient (Wildman–Crippen LogP) is 3.51. The van der Waals surface area contributed by atoms with Crippen LogP contribution < -0.4 is 11.1 Å². The highest BCUT2D eigenvalue weighted by atomic mass is 16.5. The molecule has 20 heavy (non-hydrogen) atoms. The van der Waals surface area contributed by atoms with E-state index in [0.29, 0.717) is 12.6 Å². The molecule has 3 N–H and O–H groups in total. The number of nitrogens with two attached hydrogens (primary N) is 1. The van der Waals surface area contributed by atoms with E-state index in [2.05, 4.69) is 35.6 Å². The van der Waals surface area contributed by atoms with Gasteiger partial charge in [-0.25, -0.2) is 0 Å². The molecule has 3 rings (SSSR count). The first kappa shape index (κ1) is 13.0. The molecule has 1 aliphatic rings. The van der Waals surface area contributed by atoms with Crippen LogP contribution in [-0.4, -0.2) is 7.11 Å². The van der Waals surface area contributed by atoms with E-state index >= 15 is 0 Å². The van der Waals surface area contributed by atoms with Gasteiger partial charge in [0, 0.05) is 24.0 Å². The van der Waals surface area contributed by atoms with Crippen LogP contribution in [0.3, 0.4) is 0 Å². The Hall–Kier alpha value is -2.00. The van der Waals surface area contributed by atoms with Gasteiger partial charge in [0.2, 0.25) is 0 Å². The van der Waals surface area contributed by atoms with Crippen molar-refractivity contribution in [3.05, 3.63) is 59.2 Å². The molecule has 0 aromatic heterocycles. The van der Waals surface area contributed by atoms with Gasteiger partial charge in [0.25, 0.3) is 0 Å². The van der Waals surface area contributed by atoms with Gasteiger partial charge >= 0.3 is 0 Å². The van der Waals surface area contributed by atoms with Gasteiger partial charge in [-0.3, -0.25) is 0 Å². The lowest BCUT2D eigenvalue weighted by Crippen LogP contribution is -2.09. The van der Waals surface area contributed by atoms with Crippen LogP contribution >= 0.6 is 0 Å². The van der Waals surface area contributed by atoms with Crippen molar-refractivity contribution in [2.45, 2.75) is 25.5 Å². The van der Waals surface area contributed by atoms with Crippen molar-refractivity contribution in [2.24, 2.45) is 0 Å². The van der Waals surface area contributed by atoms with Crippen molar-refractivity contribution >= 4 is 11.4 Å². The number of hydrogen-bond donors (Lipinski definition) is 2. The second kappa shape index (κ2) is 5.55. The van der Waals surface area contributed by atoms with Crippen molar-refractivity contribution in [3.63, 3.8) is 0 Å². The number of nitrogen functional groups attached to an aromatic ring is 1. The summed E-state index contributed by atoms with van der Waals surface area (Å²) in [5.74, 6) is 0. The number of ether oxygens (including phenoxy) is 1. The number of anilines is 2. The minimum atomic E-state index is 0.364.